The molecule has 0 aromatic rings. The quantitative estimate of drug-likeness (QED) is 0.166. The molecule has 4 nitrogen and oxygen atoms in total. The third-order valence-corrected chi connectivity index (χ3v) is 6.47. The molecular formula is C26H52N2O2. The van der Waals surface area contributed by atoms with Gasteiger partial charge in [0.2, 0.25) is 5.91 Å². The molecule has 0 aliphatic rings. The second kappa shape index (κ2) is 17.7. The Bertz CT molecular complexity index is 450. The molecule has 0 aliphatic heterocycles. The molecule has 1 atom stereocenters. The van der Waals surface area contributed by atoms with Crippen molar-refractivity contribution < 1.29 is 9.59 Å². The summed E-state index contributed by atoms with van der Waals surface area (Å²) in [6.45, 7) is 11.8. The zero-order valence-electron chi connectivity index (χ0n) is 20.9. The van der Waals surface area contributed by atoms with E-state index in [1.165, 1.54) is 70.6 Å². The van der Waals surface area contributed by atoms with Crippen LogP contribution >= 0.6 is 0 Å². The molecule has 30 heavy (non-hydrogen) atoms. The Hall–Kier alpha value is -0.900. The predicted octanol–water partition coefficient (Wildman–Crippen LogP) is 6.65. The van der Waals surface area contributed by atoms with Gasteiger partial charge in [-0.2, -0.15) is 0 Å². The molecule has 1 amide bonds. The lowest BCUT2D eigenvalue weighted by Gasteiger charge is -2.36. The molecule has 0 aromatic heterocycles. The number of hydrogen-bond acceptors (Lipinski definition) is 3. The van der Waals surface area contributed by atoms with Gasteiger partial charge in [0.05, 0.1) is 0 Å². The van der Waals surface area contributed by atoms with E-state index in [9.17, 15) is 9.59 Å². The highest BCUT2D eigenvalue weighted by Gasteiger charge is 2.43. The molecule has 4 heteroatoms. The van der Waals surface area contributed by atoms with Gasteiger partial charge < -0.3 is 5.73 Å². The van der Waals surface area contributed by atoms with Crippen molar-refractivity contribution in [1.29, 1.82) is 0 Å². The number of nitrogens with two attached hydrogens (primary N) is 1. The first kappa shape index (κ1) is 29.1. The maximum atomic E-state index is 12.8. The van der Waals surface area contributed by atoms with Gasteiger partial charge in [0.1, 0.15) is 0 Å². The number of Topliss-reactive ketones (excluding diaryl/α,β-unsaturated/α-hetero) is 1. The standard InChI is InChI=1S/C26H52N2O2/c1-6-22-28(7-2)26(5,25(27)30)24(29)21-19-17-15-13-11-9-8-10-12-14-16-18-20-23(3)4/h23H,6-22H2,1-5H3,(H2,27,30). The maximum absolute atomic E-state index is 12.8. The van der Waals surface area contributed by atoms with E-state index in [0.717, 1.165) is 31.7 Å². The number of hydrogen-bond donors (Lipinski definition) is 1. The van der Waals surface area contributed by atoms with Gasteiger partial charge in [-0.1, -0.05) is 105 Å². The molecule has 1 unspecified atom stereocenters. The maximum Gasteiger partial charge on any atom is 0.245 e. The fraction of sp³-hybridized carbons (Fsp3) is 0.923. The van der Waals surface area contributed by atoms with Crippen molar-refractivity contribution in [2.45, 2.75) is 136 Å². The normalized spacial score (nSPS) is 13.7. The molecule has 0 saturated carbocycles. The van der Waals surface area contributed by atoms with Gasteiger partial charge in [-0.25, -0.2) is 0 Å². The minimum atomic E-state index is -1.15. The van der Waals surface area contributed by atoms with Gasteiger partial charge in [0.25, 0.3) is 0 Å². The van der Waals surface area contributed by atoms with Gasteiger partial charge in [0, 0.05) is 6.42 Å². The fourth-order valence-electron chi connectivity index (χ4n) is 4.29. The van der Waals surface area contributed by atoms with E-state index in [0.29, 0.717) is 13.0 Å². The van der Waals surface area contributed by atoms with Crippen molar-refractivity contribution >= 4 is 11.7 Å². The van der Waals surface area contributed by atoms with E-state index in [2.05, 4.69) is 20.8 Å². The first-order valence-electron chi connectivity index (χ1n) is 12.9. The topological polar surface area (TPSA) is 63.4 Å². The average molecular weight is 425 g/mol. The third-order valence-electron chi connectivity index (χ3n) is 6.47. The number of carbonyl (C=O) groups excluding carboxylic acids is 2. The summed E-state index contributed by atoms with van der Waals surface area (Å²) >= 11 is 0. The highest BCUT2D eigenvalue weighted by atomic mass is 16.2. The number of nitrogens with zero attached hydrogens (tertiary/aromatic N) is 1. The van der Waals surface area contributed by atoms with Crippen molar-refractivity contribution in [3.05, 3.63) is 0 Å². The van der Waals surface area contributed by atoms with Crippen LogP contribution in [0.25, 0.3) is 0 Å². The average Bonchev–Trinajstić information content (AvgIpc) is 2.70. The summed E-state index contributed by atoms with van der Waals surface area (Å²) in [6, 6.07) is 0. The Kier molecular flexibility index (Phi) is 17.2. The van der Waals surface area contributed by atoms with Crippen LogP contribution in [0.15, 0.2) is 0 Å². The molecule has 0 radical (unpaired) electrons. The number of carbonyl (C=O) groups is 2. The van der Waals surface area contributed by atoms with Crippen LogP contribution in [0, 0.1) is 5.92 Å². The Morgan fingerprint density at radius 3 is 1.60 bits per heavy atom. The van der Waals surface area contributed by atoms with Crippen LogP contribution in [-0.2, 0) is 9.59 Å². The fourth-order valence-corrected chi connectivity index (χ4v) is 4.29. The van der Waals surface area contributed by atoms with Gasteiger partial charge in [-0.3, -0.25) is 14.5 Å². The summed E-state index contributed by atoms with van der Waals surface area (Å²) in [5.74, 6) is 0.323. The number of primary amides is 1. The van der Waals surface area contributed by atoms with Crippen LogP contribution in [0.4, 0.5) is 0 Å². The molecule has 0 aliphatic carbocycles. The van der Waals surface area contributed by atoms with Crippen molar-refractivity contribution in [2.75, 3.05) is 13.1 Å². The first-order valence-corrected chi connectivity index (χ1v) is 12.9. The summed E-state index contributed by atoms with van der Waals surface area (Å²) in [5.41, 5.74) is 4.48. The third kappa shape index (κ3) is 12.1. The lowest BCUT2D eigenvalue weighted by atomic mass is 9.89. The summed E-state index contributed by atoms with van der Waals surface area (Å²) in [5, 5.41) is 0. The van der Waals surface area contributed by atoms with Crippen LogP contribution in [0.5, 0.6) is 0 Å². The molecule has 0 spiro atoms. The first-order chi connectivity index (χ1) is 14.3. The summed E-state index contributed by atoms with van der Waals surface area (Å²) in [6.07, 6.45) is 18.1. The number of ketones is 1. The van der Waals surface area contributed by atoms with Gasteiger partial charge in [-0.05, 0) is 38.8 Å². The lowest BCUT2D eigenvalue weighted by molar-refractivity contribution is -0.142. The minimum absolute atomic E-state index is 0.0151. The van der Waals surface area contributed by atoms with Crippen LogP contribution in [0.1, 0.15) is 131 Å². The Labute approximate surface area is 187 Å². The van der Waals surface area contributed by atoms with Crippen LogP contribution in [0.3, 0.4) is 0 Å². The Morgan fingerprint density at radius 2 is 1.23 bits per heavy atom. The van der Waals surface area contributed by atoms with Crippen molar-refractivity contribution in [3.63, 3.8) is 0 Å². The van der Waals surface area contributed by atoms with E-state index in [-0.39, 0.29) is 5.78 Å². The molecule has 0 heterocycles. The smallest absolute Gasteiger partial charge is 0.245 e. The summed E-state index contributed by atoms with van der Waals surface area (Å²) in [4.78, 5) is 26.8. The molecule has 0 rings (SSSR count). The van der Waals surface area contributed by atoms with Gasteiger partial charge in [-0.15, -0.1) is 0 Å². The zero-order chi connectivity index (χ0) is 22.8. The van der Waals surface area contributed by atoms with E-state index < -0.39 is 11.4 Å². The molecule has 0 saturated heterocycles. The van der Waals surface area contributed by atoms with Crippen molar-refractivity contribution in [1.82, 2.24) is 4.90 Å². The molecule has 0 aromatic carbocycles. The van der Waals surface area contributed by atoms with E-state index in [4.69, 9.17) is 5.73 Å². The predicted molar refractivity (Wildman–Crippen MR) is 130 cm³/mol. The highest BCUT2D eigenvalue weighted by Crippen LogP contribution is 2.21. The van der Waals surface area contributed by atoms with E-state index in [1.54, 1.807) is 6.92 Å². The molecule has 0 bridgehead atoms. The van der Waals surface area contributed by atoms with Crippen LogP contribution in [0.2, 0.25) is 0 Å². The van der Waals surface area contributed by atoms with Crippen molar-refractivity contribution in [2.24, 2.45) is 11.7 Å². The minimum Gasteiger partial charge on any atom is -0.368 e. The molecular weight excluding hydrogens is 372 g/mol. The monoisotopic (exact) mass is 424 g/mol. The highest BCUT2D eigenvalue weighted by molar-refractivity contribution is 6.09. The van der Waals surface area contributed by atoms with Crippen LogP contribution < -0.4 is 5.73 Å². The van der Waals surface area contributed by atoms with Gasteiger partial charge in [0.15, 0.2) is 11.3 Å². The molecule has 178 valence electrons. The largest absolute Gasteiger partial charge is 0.368 e. The number of unbranched alkanes of at least 4 members (excludes halogenated alkanes) is 11. The summed E-state index contributed by atoms with van der Waals surface area (Å²) in [7, 11) is 0. The molecule has 2 N–H and O–H groups in total. The van der Waals surface area contributed by atoms with Crippen molar-refractivity contribution in [3.8, 4) is 0 Å². The number of likely N-dealkylation sites (N-methyl/N-ethyl adjacent to an activating group) is 1. The number of rotatable bonds is 21. The van der Waals surface area contributed by atoms with Crippen LogP contribution in [-0.4, -0.2) is 35.2 Å². The second-order valence-electron chi connectivity index (χ2n) is 9.61. The summed E-state index contributed by atoms with van der Waals surface area (Å²) < 4.78 is 0. The Balaban J connectivity index is 3.80. The molecule has 0 fully saturated rings. The van der Waals surface area contributed by atoms with E-state index in [1.807, 2.05) is 11.8 Å². The van der Waals surface area contributed by atoms with Gasteiger partial charge >= 0.3 is 0 Å². The van der Waals surface area contributed by atoms with E-state index >= 15 is 0 Å². The Morgan fingerprint density at radius 1 is 0.800 bits per heavy atom. The zero-order valence-corrected chi connectivity index (χ0v) is 20.9. The number of amides is 1. The lowest BCUT2D eigenvalue weighted by Crippen LogP contribution is -2.60. The SMILES string of the molecule is CCCN(CC)C(C)(C(N)=O)C(=O)CCCCCCCCCCCCCCC(C)C. The second-order valence-corrected chi connectivity index (χ2v) is 9.61.